The summed E-state index contributed by atoms with van der Waals surface area (Å²) in [6.07, 6.45) is 0.620. The van der Waals surface area contributed by atoms with E-state index in [0.29, 0.717) is 21.9 Å². The van der Waals surface area contributed by atoms with Gasteiger partial charge in [0.15, 0.2) is 0 Å². The molecule has 0 radical (unpaired) electrons. The quantitative estimate of drug-likeness (QED) is 0.618. The van der Waals surface area contributed by atoms with E-state index in [0.717, 1.165) is 0 Å². The second kappa shape index (κ2) is 5.87. The number of hydrogen-bond acceptors (Lipinski definition) is 3. The number of halogens is 2. The van der Waals surface area contributed by atoms with E-state index < -0.39 is 11.9 Å². The van der Waals surface area contributed by atoms with E-state index in [1.165, 1.54) is 7.11 Å². The van der Waals surface area contributed by atoms with Gasteiger partial charge in [0.25, 0.3) is 0 Å². The molecule has 5 heteroatoms. The van der Waals surface area contributed by atoms with Crippen LogP contribution in [0, 0.1) is 0 Å². The third kappa shape index (κ3) is 2.97. The number of benzene rings is 1. The fraction of sp³-hybridized carbons (Fsp3) is 0.273. The molecule has 0 saturated carbocycles. The van der Waals surface area contributed by atoms with E-state index in [4.69, 9.17) is 23.2 Å². The molecule has 0 aliphatic carbocycles. The van der Waals surface area contributed by atoms with E-state index in [1.54, 1.807) is 18.2 Å². The monoisotopic (exact) mass is 260 g/mol. The largest absolute Gasteiger partial charge is 0.469 e. The van der Waals surface area contributed by atoms with Crippen molar-refractivity contribution in [2.75, 3.05) is 7.11 Å². The second-order valence-corrected chi connectivity index (χ2v) is 3.95. The van der Waals surface area contributed by atoms with Crippen molar-refractivity contribution < 1.29 is 14.3 Å². The minimum atomic E-state index is -0.626. The summed E-state index contributed by atoms with van der Waals surface area (Å²) in [4.78, 5) is 22.0. The Hall–Kier alpha value is -1.06. The Kier molecular flexibility index (Phi) is 4.77. The zero-order chi connectivity index (χ0) is 12.1. The number of rotatable bonds is 4. The minimum Gasteiger partial charge on any atom is -0.469 e. The van der Waals surface area contributed by atoms with E-state index in [9.17, 15) is 9.59 Å². The number of carbonyl (C=O) groups is 2. The van der Waals surface area contributed by atoms with Gasteiger partial charge >= 0.3 is 5.97 Å². The highest BCUT2D eigenvalue weighted by molar-refractivity contribution is 6.42. The molecule has 0 bridgehead atoms. The minimum absolute atomic E-state index is 0.0416. The van der Waals surface area contributed by atoms with Crippen LogP contribution in [0.4, 0.5) is 0 Å². The third-order valence-corrected chi connectivity index (χ3v) is 2.99. The lowest BCUT2D eigenvalue weighted by Gasteiger charge is -2.11. The molecule has 86 valence electrons. The molecule has 1 aromatic carbocycles. The highest BCUT2D eigenvalue weighted by Gasteiger charge is 2.19. The molecule has 1 aromatic rings. The SMILES string of the molecule is COC(=O)CC(C=O)c1cccc(Cl)c1Cl. The maximum absolute atomic E-state index is 11.1. The van der Waals surface area contributed by atoms with Gasteiger partial charge in [-0.15, -0.1) is 0 Å². The average molecular weight is 261 g/mol. The predicted molar refractivity (Wildman–Crippen MR) is 61.9 cm³/mol. The molecule has 1 atom stereocenters. The summed E-state index contributed by atoms with van der Waals surface area (Å²) in [5.74, 6) is -1.09. The highest BCUT2D eigenvalue weighted by atomic mass is 35.5. The number of hydrogen-bond donors (Lipinski definition) is 0. The summed E-state index contributed by atoms with van der Waals surface area (Å²) in [6.45, 7) is 0. The zero-order valence-corrected chi connectivity index (χ0v) is 10.1. The topological polar surface area (TPSA) is 43.4 Å². The van der Waals surface area contributed by atoms with Crippen molar-refractivity contribution in [3.63, 3.8) is 0 Å². The van der Waals surface area contributed by atoms with Crippen LogP contribution in [0.15, 0.2) is 18.2 Å². The van der Waals surface area contributed by atoms with E-state index in [2.05, 4.69) is 4.74 Å². The van der Waals surface area contributed by atoms with Gasteiger partial charge in [-0.2, -0.15) is 0 Å². The first-order valence-electron chi connectivity index (χ1n) is 4.56. The Morgan fingerprint density at radius 3 is 2.75 bits per heavy atom. The van der Waals surface area contributed by atoms with Gasteiger partial charge in [-0.1, -0.05) is 35.3 Å². The van der Waals surface area contributed by atoms with Crippen LogP contribution in [0.25, 0.3) is 0 Å². The number of esters is 1. The van der Waals surface area contributed by atoms with Crippen LogP contribution in [0.3, 0.4) is 0 Å². The van der Waals surface area contributed by atoms with Gasteiger partial charge in [0.2, 0.25) is 0 Å². The molecule has 0 spiro atoms. The molecule has 0 aliphatic rings. The standard InChI is InChI=1S/C11H10Cl2O3/c1-16-10(15)5-7(6-14)8-3-2-4-9(12)11(8)13/h2-4,6-7H,5H2,1H3. The van der Waals surface area contributed by atoms with Crippen LogP contribution in [-0.4, -0.2) is 19.4 Å². The van der Waals surface area contributed by atoms with Gasteiger partial charge in [-0.05, 0) is 11.6 Å². The van der Waals surface area contributed by atoms with Crippen LogP contribution in [0.5, 0.6) is 0 Å². The molecule has 0 aliphatic heterocycles. The Morgan fingerprint density at radius 2 is 2.19 bits per heavy atom. The van der Waals surface area contributed by atoms with Crippen LogP contribution in [0.1, 0.15) is 17.9 Å². The van der Waals surface area contributed by atoms with Crippen molar-refractivity contribution in [1.82, 2.24) is 0 Å². The molecule has 0 fully saturated rings. The summed E-state index contributed by atoms with van der Waals surface area (Å²) in [5.41, 5.74) is 0.537. The summed E-state index contributed by atoms with van der Waals surface area (Å²) >= 11 is 11.8. The van der Waals surface area contributed by atoms with Crippen LogP contribution in [0.2, 0.25) is 10.0 Å². The van der Waals surface area contributed by atoms with Gasteiger partial charge in [-0.3, -0.25) is 4.79 Å². The molecule has 0 heterocycles. The summed E-state index contributed by atoms with van der Waals surface area (Å²) in [7, 11) is 1.27. The molecule has 1 unspecified atom stereocenters. The van der Waals surface area contributed by atoms with Crippen LogP contribution in [-0.2, 0) is 14.3 Å². The number of methoxy groups -OCH3 is 1. The molecular weight excluding hydrogens is 251 g/mol. The molecular formula is C11H10Cl2O3. The fourth-order valence-electron chi connectivity index (χ4n) is 1.30. The van der Waals surface area contributed by atoms with Crippen molar-refractivity contribution in [2.24, 2.45) is 0 Å². The normalized spacial score (nSPS) is 11.9. The summed E-state index contributed by atoms with van der Waals surface area (Å²) in [6, 6.07) is 4.96. The lowest BCUT2D eigenvalue weighted by molar-refractivity contribution is -0.141. The average Bonchev–Trinajstić information content (AvgIpc) is 2.29. The fourth-order valence-corrected chi connectivity index (χ4v) is 1.75. The van der Waals surface area contributed by atoms with Crippen molar-refractivity contribution in [1.29, 1.82) is 0 Å². The third-order valence-electron chi connectivity index (χ3n) is 2.16. The number of aldehydes is 1. The van der Waals surface area contributed by atoms with Crippen LogP contribution >= 0.6 is 23.2 Å². The molecule has 0 N–H and O–H groups in total. The summed E-state index contributed by atoms with van der Waals surface area (Å²) in [5, 5.41) is 0.654. The van der Waals surface area contributed by atoms with Gasteiger partial charge in [0, 0.05) is 0 Å². The zero-order valence-electron chi connectivity index (χ0n) is 8.57. The van der Waals surface area contributed by atoms with Crippen molar-refractivity contribution in [3.05, 3.63) is 33.8 Å². The van der Waals surface area contributed by atoms with Crippen molar-refractivity contribution in [2.45, 2.75) is 12.3 Å². The van der Waals surface area contributed by atoms with E-state index >= 15 is 0 Å². The lowest BCUT2D eigenvalue weighted by Crippen LogP contribution is -2.10. The summed E-state index contributed by atoms with van der Waals surface area (Å²) < 4.78 is 4.50. The first-order chi connectivity index (χ1) is 7.60. The molecule has 0 aromatic heterocycles. The van der Waals surface area contributed by atoms with Crippen molar-refractivity contribution >= 4 is 35.5 Å². The maximum atomic E-state index is 11.1. The predicted octanol–water partition coefficient (Wildman–Crippen LogP) is 2.84. The second-order valence-electron chi connectivity index (χ2n) is 3.17. The van der Waals surface area contributed by atoms with Gasteiger partial charge < -0.3 is 9.53 Å². The Balaban J connectivity index is 2.99. The molecule has 0 saturated heterocycles. The maximum Gasteiger partial charge on any atom is 0.306 e. The van der Waals surface area contributed by atoms with Gasteiger partial charge in [0.1, 0.15) is 6.29 Å². The lowest BCUT2D eigenvalue weighted by atomic mass is 9.97. The number of ether oxygens (including phenoxy) is 1. The number of carbonyl (C=O) groups excluding carboxylic acids is 2. The van der Waals surface area contributed by atoms with Gasteiger partial charge in [-0.25, -0.2) is 0 Å². The molecule has 1 rings (SSSR count). The Morgan fingerprint density at radius 1 is 1.50 bits per heavy atom. The highest BCUT2D eigenvalue weighted by Crippen LogP contribution is 2.31. The first kappa shape index (κ1) is 13.0. The van der Waals surface area contributed by atoms with Crippen molar-refractivity contribution in [3.8, 4) is 0 Å². The molecule has 3 nitrogen and oxygen atoms in total. The first-order valence-corrected chi connectivity index (χ1v) is 5.31. The van der Waals surface area contributed by atoms with Crippen LogP contribution < -0.4 is 0 Å². The Labute approximate surface area is 103 Å². The molecule has 0 amide bonds. The van der Waals surface area contributed by atoms with Gasteiger partial charge in [0.05, 0.1) is 29.5 Å². The Bertz CT molecular complexity index is 404. The molecule has 16 heavy (non-hydrogen) atoms. The van der Waals surface area contributed by atoms with E-state index in [1.807, 2.05) is 0 Å². The van der Waals surface area contributed by atoms with E-state index in [-0.39, 0.29) is 6.42 Å². The smallest absolute Gasteiger partial charge is 0.306 e.